The summed E-state index contributed by atoms with van der Waals surface area (Å²) < 4.78 is 88.9. The van der Waals surface area contributed by atoms with Gasteiger partial charge in [-0.2, -0.15) is 13.2 Å². The lowest BCUT2D eigenvalue weighted by atomic mass is 9.58. The van der Waals surface area contributed by atoms with Crippen LogP contribution in [0, 0.1) is 46.8 Å². The van der Waals surface area contributed by atoms with Crippen molar-refractivity contribution in [1.29, 1.82) is 0 Å². The third kappa shape index (κ3) is 20.0. The largest absolute Gasteiger partial charge is 0.397 e. The molecule has 0 aromatic carbocycles. The second kappa shape index (κ2) is 34.9. The van der Waals surface area contributed by atoms with Gasteiger partial charge in [-0.3, -0.25) is 57.5 Å². The molecule has 0 radical (unpaired) electrons. The predicted octanol–water partition coefficient (Wildman–Crippen LogP) is 6.13. The molecule has 105 heavy (non-hydrogen) atoms. The zero-order valence-electron chi connectivity index (χ0n) is 63.8. The number of carbonyl (C=O) groups is 12. The van der Waals surface area contributed by atoms with Crippen LogP contribution in [0.25, 0.3) is 0 Å². The molecule has 2 bridgehead atoms. The Balaban J connectivity index is 1.19. The van der Waals surface area contributed by atoms with E-state index in [1.165, 1.54) is 80.9 Å². The molecule has 24 nitrogen and oxygen atoms in total. The number of alkyl halides is 6. The molecule has 8 aliphatic rings. The van der Waals surface area contributed by atoms with Gasteiger partial charge in [0.25, 0.3) is 0 Å². The maximum atomic E-state index is 16.2. The Morgan fingerprint density at radius 1 is 0.638 bits per heavy atom. The summed E-state index contributed by atoms with van der Waals surface area (Å²) in [5.41, 5.74) is -2.40. The minimum Gasteiger partial charge on any atom is -0.347 e. The number of halogens is 6. The van der Waals surface area contributed by atoms with Gasteiger partial charge in [-0.15, -0.1) is 0 Å². The molecule has 12 atom stereocenters. The molecule has 1 spiro atoms. The van der Waals surface area contributed by atoms with Gasteiger partial charge in [0.05, 0.1) is 26.1 Å². The van der Waals surface area contributed by atoms with E-state index >= 15 is 41.9 Å². The topological polar surface area (TPSA) is 270 Å². The maximum absolute atomic E-state index is 16.2. The third-order valence-electron chi connectivity index (χ3n) is 24.2. The molecule has 3 heterocycles. The highest BCUT2D eigenvalue weighted by atomic mass is 19.4. The lowest BCUT2D eigenvalue weighted by Crippen LogP contribution is -2.71. The van der Waals surface area contributed by atoms with Gasteiger partial charge in [0.15, 0.2) is 0 Å². The van der Waals surface area contributed by atoms with E-state index in [1.54, 1.807) is 13.0 Å². The molecular weight excluding hydrogens is 1370 g/mol. The van der Waals surface area contributed by atoms with E-state index in [2.05, 4.69) is 22.9 Å². The lowest BCUT2D eigenvalue weighted by molar-refractivity contribution is -0.219. The van der Waals surface area contributed by atoms with Crippen molar-refractivity contribution < 1.29 is 83.9 Å². The summed E-state index contributed by atoms with van der Waals surface area (Å²) in [5.74, 6) is -13.7. The minimum absolute atomic E-state index is 0.00148. The van der Waals surface area contributed by atoms with E-state index in [1.807, 2.05) is 26.8 Å². The molecular formula is C75H116F6N12O12. The smallest absolute Gasteiger partial charge is 0.347 e. The van der Waals surface area contributed by atoms with Crippen molar-refractivity contribution in [2.75, 3.05) is 82.6 Å². The van der Waals surface area contributed by atoms with Crippen LogP contribution in [0.5, 0.6) is 0 Å². The molecule has 590 valence electrons. The predicted molar refractivity (Wildman–Crippen MR) is 377 cm³/mol. The van der Waals surface area contributed by atoms with Crippen LogP contribution in [-0.4, -0.2) is 276 Å². The first-order valence-corrected chi connectivity index (χ1v) is 38.1. The van der Waals surface area contributed by atoms with E-state index in [-0.39, 0.29) is 56.9 Å². The summed E-state index contributed by atoms with van der Waals surface area (Å²) in [6, 6.07) is -11.0. The monoisotopic (exact) mass is 1490 g/mol. The van der Waals surface area contributed by atoms with Crippen molar-refractivity contribution >= 4 is 70.9 Å². The number of fused-ring (bicyclic) bond motifs is 3. The Morgan fingerprint density at radius 2 is 1.23 bits per heavy atom. The fourth-order valence-corrected chi connectivity index (χ4v) is 17.7. The van der Waals surface area contributed by atoms with Crippen LogP contribution in [0.15, 0.2) is 12.2 Å². The summed E-state index contributed by atoms with van der Waals surface area (Å²) in [6.45, 7) is 7.34. The fraction of sp³-hybridized carbons (Fsp3) is 0.813. The van der Waals surface area contributed by atoms with Gasteiger partial charge in [-0.05, 0) is 118 Å². The van der Waals surface area contributed by atoms with Gasteiger partial charge < -0.3 is 60.0 Å². The number of rotatable bonds is 11. The van der Waals surface area contributed by atoms with Gasteiger partial charge in [0.2, 0.25) is 70.9 Å². The van der Waals surface area contributed by atoms with Crippen molar-refractivity contribution in [1.82, 2.24) is 60.0 Å². The standard InChI is InChI=1S/C75H116F6N12O12/c1-14-44(3)62-70(103)87(9)40-60(96)88(10)53-22-16-15-19-31-92(69(53)102)57(35-45-25-23-43(2)24-26-45)68(101)86(8)39-58(94)82-52(30-29-47-32-50(77)61(51(78)33-47)75(79,80)81)66(99)93-38-49(76)36-55(93)65(98)84-74(41-73(4,5)42-74)72(105)91(13)63(48-20-17-18-21-48)71(104)90(12)56(67(100)85(6)7)37-59(95)89(11)54(64(97)83-62)34-46-27-28-46/h15-16,43-57,61-63H,14,17-42H2,1-13H3,(H,82,94)(H,83,97)(H,84,98)/b16-15-/t43?,44-,45?,47?,49+,50?,51?,52-,53-,54-,55-,56-,57-,61?,62-,63-/m0/s1. The molecule has 5 aliphatic carbocycles. The first-order chi connectivity index (χ1) is 49.2. The molecule has 3 N–H and O–H groups in total. The SMILES string of the molecule is CC[C@H](C)[C@@H]1NC(=O)[C@H](CC2CC2)N(C)C(=O)C[C@@H](C(=O)N(C)C)N(C)C(=O)[C@H](C2CCCC2)N(C)C(=O)C2(CC(C)(C)C2)NC(=O)[C@@H]2C[C@@H](F)CN2C(=O)[C@H](CCC2CC(F)C(C(F)(F)F)C(F)C2)NC(=O)CN(C)C(=O)[C@H](CC2CCC(C)CC2)N2CC/C=C\C[C@@H](C2=O)N(C)C(=O)CN(C)C1=O. The van der Waals surface area contributed by atoms with Crippen molar-refractivity contribution in [3.8, 4) is 0 Å². The van der Waals surface area contributed by atoms with Crippen LogP contribution in [0.3, 0.4) is 0 Å². The highest BCUT2D eigenvalue weighted by Gasteiger charge is 2.60. The average Bonchev–Trinajstić information content (AvgIpc) is 0.917. The highest BCUT2D eigenvalue weighted by molar-refractivity contribution is 6.01. The molecule has 2 unspecified atom stereocenters. The second-order valence-electron chi connectivity index (χ2n) is 33.3. The molecule has 0 aromatic rings. The molecule has 0 aromatic heterocycles. The first-order valence-electron chi connectivity index (χ1n) is 38.1. The minimum atomic E-state index is -5.20. The maximum Gasteiger partial charge on any atom is 0.397 e. The zero-order valence-corrected chi connectivity index (χ0v) is 63.8. The van der Waals surface area contributed by atoms with Gasteiger partial charge in [-0.25, -0.2) is 13.2 Å². The Hall–Kier alpha value is -7.04. The fourth-order valence-electron chi connectivity index (χ4n) is 17.7. The Labute approximate surface area is 614 Å². The Bertz CT molecular complexity index is 3200. The average molecular weight is 1490 g/mol. The Morgan fingerprint density at radius 3 is 1.80 bits per heavy atom. The van der Waals surface area contributed by atoms with Crippen LogP contribution < -0.4 is 16.0 Å². The molecule has 30 heteroatoms. The lowest BCUT2D eigenvalue weighted by Gasteiger charge is -2.54. The van der Waals surface area contributed by atoms with E-state index < -0.39 is 230 Å². The van der Waals surface area contributed by atoms with Crippen LogP contribution >= 0.6 is 0 Å². The van der Waals surface area contributed by atoms with Gasteiger partial charge >= 0.3 is 6.18 Å². The number of likely N-dealkylation sites (N-methyl/N-ethyl adjacent to an activating group) is 7. The summed E-state index contributed by atoms with van der Waals surface area (Å²) >= 11 is 0. The van der Waals surface area contributed by atoms with Crippen molar-refractivity contribution in [3.05, 3.63) is 12.2 Å². The van der Waals surface area contributed by atoms with E-state index in [4.69, 9.17) is 0 Å². The van der Waals surface area contributed by atoms with Crippen molar-refractivity contribution in [2.24, 2.45) is 46.8 Å². The highest BCUT2D eigenvalue weighted by Crippen LogP contribution is 2.50. The number of nitrogens with one attached hydrogen (secondary N) is 3. The summed E-state index contributed by atoms with van der Waals surface area (Å²) in [5, 5.41) is 8.41. The molecule has 7 fully saturated rings. The third-order valence-corrected chi connectivity index (χ3v) is 24.2. The number of carbonyl (C=O) groups excluding carboxylic acids is 12. The number of hydrogen-bond acceptors (Lipinski definition) is 12. The summed E-state index contributed by atoms with van der Waals surface area (Å²) in [6.07, 6.45) is -4.41. The molecule has 8 rings (SSSR count). The van der Waals surface area contributed by atoms with Crippen LogP contribution in [0.4, 0.5) is 26.3 Å². The zero-order chi connectivity index (χ0) is 77.6. The first kappa shape index (κ1) is 83.6. The van der Waals surface area contributed by atoms with Gasteiger partial charge in [0, 0.05) is 69.3 Å². The number of nitrogens with zero attached hydrogens (tertiary/aromatic N) is 9. The van der Waals surface area contributed by atoms with E-state index in [0.717, 1.165) is 45.3 Å². The van der Waals surface area contributed by atoms with E-state index in [9.17, 15) is 41.9 Å². The quantitative estimate of drug-likeness (QED) is 0.156. The molecule has 12 amide bonds. The molecule has 3 aliphatic heterocycles. The molecule has 5 saturated carbocycles. The van der Waals surface area contributed by atoms with Crippen LogP contribution in [0.2, 0.25) is 0 Å². The number of amides is 12. The van der Waals surface area contributed by atoms with Crippen molar-refractivity contribution in [2.45, 2.75) is 261 Å². The normalized spacial score (nSPS) is 33.6. The van der Waals surface area contributed by atoms with Gasteiger partial charge in [-0.1, -0.05) is 105 Å². The van der Waals surface area contributed by atoms with E-state index in [0.29, 0.717) is 57.3 Å². The van der Waals surface area contributed by atoms with Crippen molar-refractivity contribution in [3.63, 3.8) is 0 Å². The van der Waals surface area contributed by atoms with Crippen LogP contribution in [-0.2, 0) is 57.5 Å². The van der Waals surface area contributed by atoms with Gasteiger partial charge in [0.1, 0.15) is 78.3 Å². The number of hydrogen-bond donors (Lipinski definition) is 3. The second-order valence-corrected chi connectivity index (χ2v) is 33.3. The molecule has 2 saturated heterocycles. The summed E-state index contributed by atoms with van der Waals surface area (Å²) in [7, 11) is 11.2. The Kier molecular flexibility index (Phi) is 27.8. The van der Waals surface area contributed by atoms with Crippen LogP contribution in [0.1, 0.15) is 182 Å². The summed E-state index contributed by atoms with van der Waals surface area (Å²) in [4.78, 5) is 191.